The summed E-state index contributed by atoms with van der Waals surface area (Å²) in [6.45, 7) is 2.23. The Morgan fingerprint density at radius 1 is 0.926 bits per heavy atom. The maximum Gasteiger partial charge on any atom is 0.252 e. The third kappa shape index (κ3) is 5.19. The molecule has 4 heteroatoms. The molecule has 3 rings (SSSR count). The highest BCUT2D eigenvalue weighted by molar-refractivity contribution is 5.97. The van der Waals surface area contributed by atoms with Gasteiger partial charge in [0.05, 0.1) is 0 Å². The van der Waals surface area contributed by atoms with Gasteiger partial charge < -0.3 is 10.6 Å². The molecule has 0 spiro atoms. The molecular weight excluding hydrogens is 336 g/mol. The SMILES string of the molecule is CCC1CCC(NC(=O)C(NC(=O)c2ccccc2)c2ccccc2)CC1. The van der Waals surface area contributed by atoms with Gasteiger partial charge in [0.1, 0.15) is 6.04 Å². The minimum Gasteiger partial charge on any atom is -0.351 e. The summed E-state index contributed by atoms with van der Waals surface area (Å²) in [6, 6.07) is 17.9. The van der Waals surface area contributed by atoms with Crippen LogP contribution in [0.3, 0.4) is 0 Å². The number of amides is 2. The lowest BCUT2D eigenvalue weighted by Crippen LogP contribution is -2.45. The first-order chi connectivity index (χ1) is 13.2. The van der Waals surface area contributed by atoms with Crippen LogP contribution in [0.15, 0.2) is 60.7 Å². The number of nitrogens with one attached hydrogen (secondary N) is 2. The van der Waals surface area contributed by atoms with Gasteiger partial charge in [-0.25, -0.2) is 0 Å². The summed E-state index contributed by atoms with van der Waals surface area (Å²) in [4.78, 5) is 25.6. The van der Waals surface area contributed by atoms with E-state index in [0.717, 1.165) is 37.2 Å². The second-order valence-corrected chi connectivity index (χ2v) is 7.32. The Labute approximate surface area is 161 Å². The highest BCUT2D eigenvalue weighted by atomic mass is 16.2. The van der Waals surface area contributed by atoms with E-state index >= 15 is 0 Å². The van der Waals surface area contributed by atoms with E-state index in [-0.39, 0.29) is 17.9 Å². The molecule has 142 valence electrons. The van der Waals surface area contributed by atoms with Crippen LogP contribution in [-0.2, 0) is 4.79 Å². The Bertz CT molecular complexity index is 737. The Hall–Kier alpha value is -2.62. The average Bonchev–Trinajstić information content (AvgIpc) is 2.73. The van der Waals surface area contributed by atoms with E-state index < -0.39 is 6.04 Å². The van der Waals surface area contributed by atoms with Gasteiger partial charge in [0.2, 0.25) is 5.91 Å². The predicted molar refractivity (Wildman–Crippen MR) is 107 cm³/mol. The highest BCUT2D eigenvalue weighted by Crippen LogP contribution is 2.27. The van der Waals surface area contributed by atoms with Gasteiger partial charge in [-0.05, 0) is 49.3 Å². The molecule has 0 radical (unpaired) electrons. The van der Waals surface area contributed by atoms with Crippen molar-refractivity contribution in [3.63, 3.8) is 0 Å². The van der Waals surface area contributed by atoms with E-state index in [2.05, 4.69) is 17.6 Å². The van der Waals surface area contributed by atoms with Crippen molar-refractivity contribution in [1.82, 2.24) is 10.6 Å². The first-order valence-corrected chi connectivity index (χ1v) is 9.88. The van der Waals surface area contributed by atoms with Crippen molar-refractivity contribution in [3.8, 4) is 0 Å². The molecule has 2 amide bonds. The van der Waals surface area contributed by atoms with E-state index in [4.69, 9.17) is 0 Å². The molecule has 1 aliphatic rings. The predicted octanol–water partition coefficient (Wildman–Crippen LogP) is 4.24. The van der Waals surface area contributed by atoms with Crippen molar-refractivity contribution in [1.29, 1.82) is 0 Å². The summed E-state index contributed by atoms with van der Waals surface area (Å²) in [7, 11) is 0. The molecule has 1 unspecified atom stereocenters. The quantitative estimate of drug-likeness (QED) is 0.805. The molecule has 1 atom stereocenters. The lowest BCUT2D eigenvalue weighted by molar-refractivity contribution is -0.124. The summed E-state index contributed by atoms with van der Waals surface area (Å²) in [5.41, 5.74) is 1.34. The van der Waals surface area contributed by atoms with E-state index in [1.807, 2.05) is 48.5 Å². The second-order valence-electron chi connectivity index (χ2n) is 7.32. The smallest absolute Gasteiger partial charge is 0.252 e. The average molecular weight is 364 g/mol. The summed E-state index contributed by atoms with van der Waals surface area (Å²) < 4.78 is 0. The van der Waals surface area contributed by atoms with E-state index in [1.165, 1.54) is 6.42 Å². The molecule has 27 heavy (non-hydrogen) atoms. The monoisotopic (exact) mass is 364 g/mol. The summed E-state index contributed by atoms with van der Waals surface area (Å²) >= 11 is 0. The van der Waals surface area contributed by atoms with Crippen LogP contribution in [0.4, 0.5) is 0 Å². The molecule has 2 N–H and O–H groups in total. The number of rotatable bonds is 6. The van der Waals surface area contributed by atoms with Crippen LogP contribution in [0.5, 0.6) is 0 Å². The molecule has 0 aliphatic heterocycles. The van der Waals surface area contributed by atoms with E-state index in [1.54, 1.807) is 12.1 Å². The maximum absolute atomic E-state index is 13.0. The first kappa shape index (κ1) is 19.2. The molecule has 1 fully saturated rings. The Morgan fingerprint density at radius 2 is 1.52 bits per heavy atom. The zero-order valence-corrected chi connectivity index (χ0v) is 15.9. The van der Waals surface area contributed by atoms with Crippen LogP contribution in [0, 0.1) is 5.92 Å². The first-order valence-electron chi connectivity index (χ1n) is 9.88. The van der Waals surface area contributed by atoms with Crippen molar-refractivity contribution in [2.45, 2.75) is 51.1 Å². The van der Waals surface area contributed by atoms with Crippen LogP contribution in [-0.4, -0.2) is 17.9 Å². The van der Waals surface area contributed by atoms with Gasteiger partial charge in [0.25, 0.3) is 5.91 Å². The van der Waals surface area contributed by atoms with Gasteiger partial charge >= 0.3 is 0 Å². The lowest BCUT2D eigenvalue weighted by Gasteiger charge is -2.30. The summed E-state index contributed by atoms with van der Waals surface area (Å²) in [5.74, 6) is 0.403. The highest BCUT2D eigenvalue weighted by Gasteiger charge is 2.27. The van der Waals surface area contributed by atoms with Crippen molar-refractivity contribution >= 4 is 11.8 Å². The zero-order chi connectivity index (χ0) is 19.1. The number of hydrogen-bond acceptors (Lipinski definition) is 2. The van der Waals surface area contributed by atoms with Crippen LogP contribution in [0.2, 0.25) is 0 Å². The number of benzene rings is 2. The lowest BCUT2D eigenvalue weighted by atomic mass is 9.84. The van der Waals surface area contributed by atoms with Gasteiger partial charge in [0.15, 0.2) is 0 Å². The third-order valence-electron chi connectivity index (χ3n) is 5.48. The molecule has 0 saturated heterocycles. The van der Waals surface area contributed by atoms with Gasteiger partial charge in [0, 0.05) is 11.6 Å². The summed E-state index contributed by atoms with van der Waals surface area (Å²) in [6.07, 6.45) is 5.55. The molecule has 2 aromatic carbocycles. The van der Waals surface area contributed by atoms with Gasteiger partial charge in [-0.3, -0.25) is 9.59 Å². The fourth-order valence-corrected chi connectivity index (χ4v) is 3.75. The maximum atomic E-state index is 13.0. The fourth-order valence-electron chi connectivity index (χ4n) is 3.75. The molecule has 0 bridgehead atoms. The van der Waals surface area contributed by atoms with Crippen LogP contribution in [0.1, 0.15) is 61.0 Å². The van der Waals surface area contributed by atoms with Gasteiger partial charge in [-0.15, -0.1) is 0 Å². The standard InChI is InChI=1S/C23H28N2O2/c1-2-17-13-15-20(16-14-17)24-23(27)21(18-9-5-3-6-10-18)25-22(26)19-11-7-4-8-12-19/h3-12,17,20-21H,2,13-16H2,1H3,(H,24,27)(H,25,26). The van der Waals surface area contributed by atoms with Crippen molar-refractivity contribution < 1.29 is 9.59 Å². The normalized spacial score (nSPS) is 20.5. The second kappa shape index (κ2) is 9.36. The Morgan fingerprint density at radius 3 is 2.11 bits per heavy atom. The topological polar surface area (TPSA) is 58.2 Å². The fraction of sp³-hybridized carbons (Fsp3) is 0.391. The molecule has 2 aromatic rings. The van der Waals surface area contributed by atoms with Crippen molar-refractivity contribution in [2.24, 2.45) is 5.92 Å². The largest absolute Gasteiger partial charge is 0.351 e. The Kier molecular flexibility index (Phi) is 6.64. The molecular formula is C23H28N2O2. The number of carbonyl (C=O) groups excluding carboxylic acids is 2. The molecule has 1 saturated carbocycles. The van der Waals surface area contributed by atoms with Crippen LogP contribution < -0.4 is 10.6 Å². The van der Waals surface area contributed by atoms with Gasteiger partial charge in [-0.2, -0.15) is 0 Å². The molecule has 4 nitrogen and oxygen atoms in total. The minimum absolute atomic E-state index is 0.134. The molecule has 0 aromatic heterocycles. The summed E-state index contributed by atoms with van der Waals surface area (Å²) in [5, 5.41) is 6.07. The van der Waals surface area contributed by atoms with Crippen LogP contribution in [0.25, 0.3) is 0 Å². The van der Waals surface area contributed by atoms with E-state index in [0.29, 0.717) is 5.56 Å². The Balaban J connectivity index is 1.70. The number of hydrogen-bond donors (Lipinski definition) is 2. The minimum atomic E-state index is -0.692. The zero-order valence-electron chi connectivity index (χ0n) is 15.9. The van der Waals surface area contributed by atoms with Crippen molar-refractivity contribution in [2.75, 3.05) is 0 Å². The third-order valence-corrected chi connectivity index (χ3v) is 5.48. The molecule has 0 heterocycles. The van der Waals surface area contributed by atoms with E-state index in [9.17, 15) is 9.59 Å². The molecule has 1 aliphatic carbocycles. The van der Waals surface area contributed by atoms with Crippen molar-refractivity contribution in [3.05, 3.63) is 71.8 Å². The van der Waals surface area contributed by atoms with Crippen LogP contribution >= 0.6 is 0 Å². The van der Waals surface area contributed by atoms with Gasteiger partial charge in [-0.1, -0.05) is 61.9 Å². The number of carbonyl (C=O) groups is 2.